The number of aliphatic hydroxyl groups excluding tert-OH is 2. The third-order valence-electron chi connectivity index (χ3n) is 7.40. The smallest absolute Gasteiger partial charge is 0.395 e. The van der Waals surface area contributed by atoms with Crippen LogP contribution < -0.4 is 20.5 Å². The topological polar surface area (TPSA) is 128 Å². The van der Waals surface area contributed by atoms with E-state index in [1.165, 1.54) is 30.3 Å². The van der Waals surface area contributed by atoms with Crippen LogP contribution in [-0.2, 0) is 26.9 Å². The molecule has 40 heavy (non-hydrogen) atoms. The quantitative estimate of drug-likeness (QED) is 0.264. The van der Waals surface area contributed by atoms with Crippen molar-refractivity contribution in [3.05, 3.63) is 53.5 Å². The van der Waals surface area contributed by atoms with Crippen molar-refractivity contribution in [3.63, 3.8) is 0 Å². The minimum Gasteiger partial charge on any atom is -0.395 e. The number of nitrogens with two attached hydrogens (primary N) is 1. The summed E-state index contributed by atoms with van der Waals surface area (Å²) in [5.74, 6) is -1.44. The Kier molecular flexibility index (Phi) is 7.24. The van der Waals surface area contributed by atoms with Crippen LogP contribution in [0, 0.1) is 5.82 Å². The Balaban J connectivity index is 1.45. The summed E-state index contributed by atoms with van der Waals surface area (Å²) >= 11 is 0. The number of nitrogens with one attached hydrogen (secondary N) is 1. The fourth-order valence-electron chi connectivity index (χ4n) is 5.15. The van der Waals surface area contributed by atoms with E-state index >= 15 is 4.39 Å². The van der Waals surface area contributed by atoms with Gasteiger partial charge in [0.2, 0.25) is 5.91 Å². The SMILES string of the molecule is CC(C)(COCCN)c1cc2cc(NC(=O)C3(c4ccc5c(c4)OC(F)(F)O5)CC3)c(F)cc2n1CC(O)CO. The van der Waals surface area contributed by atoms with Gasteiger partial charge in [-0.25, -0.2) is 4.39 Å². The molecule has 1 fully saturated rings. The van der Waals surface area contributed by atoms with Crippen LogP contribution >= 0.6 is 0 Å². The number of alkyl halides is 2. The molecule has 1 saturated carbocycles. The summed E-state index contributed by atoms with van der Waals surface area (Å²) in [6, 6.07) is 8.85. The van der Waals surface area contributed by atoms with Crippen LogP contribution in [0.3, 0.4) is 0 Å². The molecular formula is C28H32F3N3O6. The first-order valence-corrected chi connectivity index (χ1v) is 13.0. The molecule has 0 saturated heterocycles. The lowest BCUT2D eigenvalue weighted by Crippen LogP contribution is -2.31. The van der Waals surface area contributed by atoms with Gasteiger partial charge in [-0.2, -0.15) is 0 Å². The number of aliphatic hydroxyl groups is 2. The Morgan fingerprint density at radius 1 is 1.20 bits per heavy atom. The van der Waals surface area contributed by atoms with Crippen LogP contribution in [0.5, 0.6) is 11.5 Å². The molecule has 2 aromatic carbocycles. The van der Waals surface area contributed by atoms with E-state index in [1.807, 2.05) is 19.9 Å². The number of hydrogen-bond donors (Lipinski definition) is 4. The number of benzene rings is 2. The minimum absolute atomic E-state index is 0.0209. The molecule has 9 nitrogen and oxygen atoms in total. The number of carbonyl (C=O) groups is 1. The third kappa shape index (κ3) is 5.24. The molecule has 0 bridgehead atoms. The van der Waals surface area contributed by atoms with Gasteiger partial charge >= 0.3 is 6.29 Å². The zero-order valence-electron chi connectivity index (χ0n) is 22.2. The van der Waals surface area contributed by atoms with E-state index < -0.39 is 41.6 Å². The summed E-state index contributed by atoms with van der Waals surface area (Å²) in [7, 11) is 0. The van der Waals surface area contributed by atoms with E-state index in [1.54, 1.807) is 4.57 Å². The number of anilines is 1. The second-order valence-electron chi connectivity index (χ2n) is 11.0. The first-order valence-electron chi connectivity index (χ1n) is 13.0. The molecule has 216 valence electrons. The third-order valence-corrected chi connectivity index (χ3v) is 7.40. The molecule has 1 aliphatic carbocycles. The second-order valence-corrected chi connectivity index (χ2v) is 11.0. The lowest BCUT2D eigenvalue weighted by molar-refractivity contribution is -0.286. The zero-order chi connectivity index (χ0) is 28.9. The molecule has 1 amide bonds. The molecule has 2 heterocycles. The average molecular weight is 564 g/mol. The van der Waals surface area contributed by atoms with Crippen molar-refractivity contribution >= 4 is 22.5 Å². The van der Waals surface area contributed by atoms with Crippen molar-refractivity contribution < 1.29 is 42.4 Å². The molecule has 5 N–H and O–H groups in total. The fraction of sp³-hybridized carbons (Fsp3) is 0.464. The molecular weight excluding hydrogens is 531 g/mol. The van der Waals surface area contributed by atoms with Crippen LogP contribution in [0.1, 0.15) is 37.9 Å². The van der Waals surface area contributed by atoms with Gasteiger partial charge in [0.25, 0.3) is 0 Å². The van der Waals surface area contributed by atoms with Crippen molar-refractivity contribution in [1.29, 1.82) is 0 Å². The number of amides is 1. The van der Waals surface area contributed by atoms with Crippen molar-refractivity contribution in [2.45, 2.75) is 56.5 Å². The second kappa shape index (κ2) is 10.3. The van der Waals surface area contributed by atoms with Crippen LogP contribution in [-0.4, -0.2) is 59.5 Å². The highest BCUT2D eigenvalue weighted by molar-refractivity contribution is 6.02. The van der Waals surface area contributed by atoms with E-state index in [0.29, 0.717) is 49.1 Å². The molecule has 12 heteroatoms. The van der Waals surface area contributed by atoms with Crippen LogP contribution in [0.4, 0.5) is 18.9 Å². The van der Waals surface area contributed by atoms with Crippen molar-refractivity contribution in [2.24, 2.45) is 5.73 Å². The molecule has 0 spiro atoms. The highest BCUT2D eigenvalue weighted by Crippen LogP contribution is 2.52. The first kappa shape index (κ1) is 28.2. The lowest BCUT2D eigenvalue weighted by Gasteiger charge is -2.27. The van der Waals surface area contributed by atoms with Gasteiger partial charge < -0.3 is 40.0 Å². The molecule has 1 aliphatic heterocycles. The number of ether oxygens (including phenoxy) is 3. The molecule has 2 aliphatic rings. The van der Waals surface area contributed by atoms with Gasteiger partial charge in [-0.15, -0.1) is 8.78 Å². The van der Waals surface area contributed by atoms with Crippen LogP contribution in [0.15, 0.2) is 36.4 Å². The highest BCUT2D eigenvalue weighted by atomic mass is 19.3. The number of halogens is 3. The van der Waals surface area contributed by atoms with E-state index in [-0.39, 0.29) is 23.7 Å². The standard InChI is InChI=1S/C28H32F3N3O6/c1-26(2,15-38-8-7-32)24-10-16-9-20(19(29)12-21(16)34(24)13-18(36)14-35)33-25(37)27(5-6-27)17-3-4-22-23(11-17)40-28(30,31)39-22/h3-4,9-12,18,35-36H,5-8,13-15,32H2,1-2H3,(H,33,37). The van der Waals surface area contributed by atoms with E-state index in [4.69, 9.17) is 10.5 Å². The normalized spacial score (nSPS) is 17.7. The van der Waals surface area contributed by atoms with Crippen molar-refractivity contribution in [3.8, 4) is 11.5 Å². The van der Waals surface area contributed by atoms with Crippen LogP contribution in [0.2, 0.25) is 0 Å². The Morgan fingerprint density at radius 2 is 1.93 bits per heavy atom. The summed E-state index contributed by atoms with van der Waals surface area (Å²) in [6.07, 6.45) is -3.94. The van der Waals surface area contributed by atoms with Gasteiger partial charge in [-0.1, -0.05) is 19.9 Å². The zero-order valence-corrected chi connectivity index (χ0v) is 22.2. The Hall–Kier alpha value is -3.32. The summed E-state index contributed by atoms with van der Waals surface area (Å²) in [5, 5.41) is 22.9. The summed E-state index contributed by atoms with van der Waals surface area (Å²) in [5.41, 5.74) is 5.62. The van der Waals surface area contributed by atoms with Gasteiger partial charge in [0.15, 0.2) is 11.5 Å². The molecule has 1 aromatic heterocycles. The van der Waals surface area contributed by atoms with Gasteiger partial charge in [0.05, 0.1) is 49.1 Å². The summed E-state index contributed by atoms with van der Waals surface area (Å²) in [6.45, 7) is 4.46. The summed E-state index contributed by atoms with van der Waals surface area (Å²) < 4.78 is 58.7. The Bertz CT molecular complexity index is 1440. The number of hydrogen-bond acceptors (Lipinski definition) is 7. The number of nitrogens with zero attached hydrogens (tertiary/aromatic N) is 1. The van der Waals surface area contributed by atoms with Gasteiger partial charge in [0.1, 0.15) is 5.82 Å². The Morgan fingerprint density at radius 3 is 2.60 bits per heavy atom. The summed E-state index contributed by atoms with van der Waals surface area (Å²) in [4.78, 5) is 13.4. The predicted octanol–water partition coefficient (Wildman–Crippen LogP) is 3.38. The predicted molar refractivity (Wildman–Crippen MR) is 140 cm³/mol. The fourth-order valence-corrected chi connectivity index (χ4v) is 5.15. The molecule has 0 radical (unpaired) electrons. The molecule has 5 rings (SSSR count). The maximum Gasteiger partial charge on any atom is 0.586 e. The maximum absolute atomic E-state index is 15.4. The largest absolute Gasteiger partial charge is 0.586 e. The van der Waals surface area contributed by atoms with E-state index in [2.05, 4.69) is 14.8 Å². The molecule has 1 unspecified atom stereocenters. The monoisotopic (exact) mass is 563 g/mol. The van der Waals surface area contributed by atoms with Crippen molar-refractivity contribution in [1.82, 2.24) is 4.57 Å². The van der Waals surface area contributed by atoms with Gasteiger partial charge in [-0.3, -0.25) is 4.79 Å². The number of carbonyl (C=O) groups excluding carboxylic acids is 1. The van der Waals surface area contributed by atoms with Crippen molar-refractivity contribution in [2.75, 3.05) is 31.7 Å². The van der Waals surface area contributed by atoms with E-state index in [0.717, 1.165) is 5.69 Å². The Labute approximate surface area is 228 Å². The van der Waals surface area contributed by atoms with Gasteiger partial charge in [-0.05, 0) is 42.7 Å². The molecule has 3 aromatic rings. The minimum atomic E-state index is -3.77. The highest BCUT2D eigenvalue weighted by Gasteiger charge is 2.53. The maximum atomic E-state index is 15.4. The van der Waals surface area contributed by atoms with Crippen LogP contribution in [0.25, 0.3) is 10.9 Å². The number of rotatable bonds is 11. The number of aromatic nitrogens is 1. The molecule has 1 atom stereocenters. The van der Waals surface area contributed by atoms with E-state index in [9.17, 15) is 23.8 Å². The number of fused-ring (bicyclic) bond motifs is 2. The first-order chi connectivity index (χ1) is 18.9. The average Bonchev–Trinajstić information content (AvgIpc) is 3.55. The van der Waals surface area contributed by atoms with Gasteiger partial charge in [0, 0.05) is 29.1 Å². The lowest BCUT2D eigenvalue weighted by atomic mass is 9.90.